The second kappa shape index (κ2) is 10.6. The third kappa shape index (κ3) is 6.20. The molecule has 1 heterocycles. The van der Waals surface area contributed by atoms with Crippen LogP contribution < -0.4 is 5.32 Å². The van der Waals surface area contributed by atoms with Gasteiger partial charge in [0.25, 0.3) is 5.91 Å². The minimum absolute atomic E-state index is 0.0925. The summed E-state index contributed by atoms with van der Waals surface area (Å²) >= 11 is 1.58. The maximum absolute atomic E-state index is 13.0. The number of thioether (sulfide) groups is 1. The van der Waals surface area contributed by atoms with E-state index in [1.54, 1.807) is 24.0 Å². The second-order valence-corrected chi connectivity index (χ2v) is 7.51. The smallest absolute Gasteiger partial charge is 0.254 e. The van der Waals surface area contributed by atoms with Gasteiger partial charge in [-0.2, -0.15) is 0 Å². The Hall–Kier alpha value is -2.66. The molecule has 1 aromatic heterocycles. The van der Waals surface area contributed by atoms with Crippen LogP contribution in [0.15, 0.2) is 78.0 Å². The molecule has 144 valence electrons. The van der Waals surface area contributed by atoms with E-state index in [-0.39, 0.29) is 11.7 Å². The summed E-state index contributed by atoms with van der Waals surface area (Å²) < 4.78 is 13.0. The first kappa shape index (κ1) is 20.1. The number of nitrogens with zero attached hydrogens (tertiary/aromatic N) is 1. The van der Waals surface area contributed by atoms with Crippen molar-refractivity contribution in [3.8, 4) is 0 Å². The fraction of sp³-hybridized carbons (Fsp3) is 0.217. The first-order valence-corrected chi connectivity index (χ1v) is 10.4. The molecule has 0 aliphatic rings. The Morgan fingerprint density at radius 3 is 2.46 bits per heavy atom. The van der Waals surface area contributed by atoms with E-state index in [0.717, 1.165) is 35.6 Å². The number of nitrogens with one attached hydrogen (secondary N) is 1. The highest BCUT2D eigenvalue weighted by Gasteiger charge is 2.12. The Bertz CT molecular complexity index is 885. The van der Waals surface area contributed by atoms with Gasteiger partial charge in [0.05, 0.1) is 5.56 Å². The van der Waals surface area contributed by atoms with Crippen LogP contribution in [0.25, 0.3) is 0 Å². The molecule has 0 spiro atoms. The summed E-state index contributed by atoms with van der Waals surface area (Å²) in [4.78, 5) is 16.9. The lowest BCUT2D eigenvalue weighted by Gasteiger charge is -2.09. The van der Waals surface area contributed by atoms with Gasteiger partial charge in [0.15, 0.2) is 0 Å². The molecule has 0 saturated heterocycles. The van der Waals surface area contributed by atoms with Crippen LogP contribution in [0, 0.1) is 5.82 Å². The van der Waals surface area contributed by atoms with Crippen LogP contribution in [-0.2, 0) is 12.8 Å². The van der Waals surface area contributed by atoms with Crippen molar-refractivity contribution in [1.82, 2.24) is 10.3 Å². The predicted molar refractivity (Wildman–Crippen MR) is 112 cm³/mol. The molecule has 2 aromatic carbocycles. The molecule has 28 heavy (non-hydrogen) atoms. The summed E-state index contributed by atoms with van der Waals surface area (Å²) in [6.45, 7) is 0.590. The van der Waals surface area contributed by atoms with Gasteiger partial charge in [0.2, 0.25) is 0 Å². The second-order valence-electron chi connectivity index (χ2n) is 6.43. The van der Waals surface area contributed by atoms with Crippen LogP contribution in [0.4, 0.5) is 4.39 Å². The Morgan fingerprint density at radius 2 is 1.68 bits per heavy atom. The topological polar surface area (TPSA) is 42.0 Å². The average Bonchev–Trinajstić information content (AvgIpc) is 2.73. The molecule has 0 aliphatic carbocycles. The molecule has 0 unspecified atom stereocenters. The standard InChI is InChI=1S/C23H23FN2OS/c24-20-12-10-19(11-13-20)8-5-17-28-23-21(9-4-15-26-23)22(27)25-16-14-18-6-2-1-3-7-18/h1-4,6-7,9-13,15H,5,8,14,16-17H2,(H,25,27). The highest BCUT2D eigenvalue weighted by molar-refractivity contribution is 7.99. The number of carbonyl (C=O) groups excluding carboxylic acids is 1. The van der Waals surface area contributed by atoms with Gasteiger partial charge in [0.1, 0.15) is 10.8 Å². The van der Waals surface area contributed by atoms with E-state index in [1.807, 2.05) is 36.4 Å². The number of benzene rings is 2. The molecule has 0 saturated carbocycles. The monoisotopic (exact) mass is 394 g/mol. The molecule has 0 radical (unpaired) electrons. The van der Waals surface area contributed by atoms with Gasteiger partial charge in [-0.3, -0.25) is 4.79 Å². The van der Waals surface area contributed by atoms with Gasteiger partial charge in [-0.05, 0) is 60.4 Å². The van der Waals surface area contributed by atoms with Gasteiger partial charge in [-0.1, -0.05) is 42.5 Å². The fourth-order valence-electron chi connectivity index (χ4n) is 2.84. The van der Waals surface area contributed by atoms with Crippen molar-refractivity contribution in [3.63, 3.8) is 0 Å². The lowest BCUT2D eigenvalue weighted by Crippen LogP contribution is -2.26. The van der Waals surface area contributed by atoms with Crippen molar-refractivity contribution in [2.24, 2.45) is 0 Å². The Morgan fingerprint density at radius 1 is 0.929 bits per heavy atom. The minimum Gasteiger partial charge on any atom is -0.352 e. The number of carbonyl (C=O) groups is 1. The quantitative estimate of drug-likeness (QED) is 0.414. The molecule has 3 aromatic rings. The van der Waals surface area contributed by atoms with Crippen molar-refractivity contribution < 1.29 is 9.18 Å². The van der Waals surface area contributed by atoms with Crippen molar-refractivity contribution in [1.29, 1.82) is 0 Å². The molecule has 3 nitrogen and oxygen atoms in total. The first-order chi connectivity index (χ1) is 13.7. The zero-order valence-electron chi connectivity index (χ0n) is 15.6. The third-order valence-electron chi connectivity index (χ3n) is 4.32. The van der Waals surface area contributed by atoms with Crippen LogP contribution in [0.1, 0.15) is 27.9 Å². The number of halogens is 1. The third-order valence-corrected chi connectivity index (χ3v) is 5.41. The maximum atomic E-state index is 13.0. The van der Waals surface area contributed by atoms with E-state index in [9.17, 15) is 9.18 Å². The molecular weight excluding hydrogens is 371 g/mol. The number of amides is 1. The summed E-state index contributed by atoms with van der Waals surface area (Å²) in [5, 5.41) is 3.73. The van der Waals surface area contributed by atoms with Crippen molar-refractivity contribution in [2.45, 2.75) is 24.3 Å². The lowest BCUT2D eigenvalue weighted by atomic mass is 10.1. The van der Waals surface area contributed by atoms with Crippen LogP contribution in [-0.4, -0.2) is 23.2 Å². The minimum atomic E-state index is -0.213. The number of hydrogen-bond acceptors (Lipinski definition) is 3. The summed E-state index contributed by atoms with van der Waals surface area (Å²) in [6.07, 6.45) is 4.32. The molecule has 1 N–H and O–H groups in total. The van der Waals surface area contributed by atoms with Crippen molar-refractivity contribution in [2.75, 3.05) is 12.3 Å². The SMILES string of the molecule is O=C(NCCc1ccccc1)c1cccnc1SCCCc1ccc(F)cc1. The lowest BCUT2D eigenvalue weighted by molar-refractivity contribution is 0.0950. The van der Waals surface area contributed by atoms with Gasteiger partial charge >= 0.3 is 0 Å². The largest absolute Gasteiger partial charge is 0.352 e. The van der Waals surface area contributed by atoms with E-state index < -0.39 is 0 Å². The van der Waals surface area contributed by atoms with Crippen LogP contribution >= 0.6 is 11.8 Å². The van der Waals surface area contributed by atoms with Gasteiger partial charge in [-0.25, -0.2) is 9.37 Å². The first-order valence-electron chi connectivity index (χ1n) is 9.37. The van der Waals surface area contributed by atoms with Crippen molar-refractivity contribution >= 4 is 17.7 Å². The summed E-state index contributed by atoms with van der Waals surface area (Å²) in [6, 6.07) is 20.3. The predicted octanol–water partition coefficient (Wildman–Crippen LogP) is 4.92. The fourth-order valence-corrected chi connectivity index (χ4v) is 3.77. The van der Waals surface area contributed by atoms with Gasteiger partial charge in [-0.15, -0.1) is 11.8 Å². The molecule has 0 bridgehead atoms. The zero-order chi connectivity index (χ0) is 19.6. The van der Waals surface area contributed by atoms with E-state index in [4.69, 9.17) is 0 Å². The highest BCUT2D eigenvalue weighted by atomic mass is 32.2. The Balaban J connectivity index is 1.47. The molecule has 0 atom stereocenters. The van der Waals surface area contributed by atoms with E-state index >= 15 is 0 Å². The van der Waals surface area contributed by atoms with Crippen LogP contribution in [0.5, 0.6) is 0 Å². The van der Waals surface area contributed by atoms with Crippen LogP contribution in [0.3, 0.4) is 0 Å². The molecule has 3 rings (SSSR count). The number of pyridine rings is 1. The maximum Gasteiger partial charge on any atom is 0.254 e. The van der Waals surface area contributed by atoms with E-state index in [2.05, 4.69) is 22.4 Å². The number of aromatic nitrogens is 1. The number of rotatable bonds is 9. The molecule has 0 aliphatic heterocycles. The van der Waals surface area contributed by atoms with Gasteiger partial charge in [0, 0.05) is 12.7 Å². The van der Waals surface area contributed by atoms with Crippen molar-refractivity contribution in [3.05, 3.63) is 95.4 Å². The average molecular weight is 395 g/mol. The summed E-state index contributed by atoms with van der Waals surface area (Å²) in [5.74, 6) is 0.540. The molecule has 0 fully saturated rings. The normalized spacial score (nSPS) is 10.6. The molecular formula is C23H23FN2OS. The van der Waals surface area contributed by atoms with Crippen LogP contribution in [0.2, 0.25) is 0 Å². The Kier molecular flexibility index (Phi) is 7.62. The molecule has 5 heteroatoms. The van der Waals surface area contributed by atoms with Gasteiger partial charge < -0.3 is 5.32 Å². The number of hydrogen-bond donors (Lipinski definition) is 1. The van der Waals surface area contributed by atoms with E-state index in [0.29, 0.717) is 12.1 Å². The zero-order valence-corrected chi connectivity index (χ0v) is 16.4. The van der Waals surface area contributed by atoms with E-state index in [1.165, 1.54) is 17.7 Å². The summed E-state index contributed by atoms with van der Waals surface area (Å²) in [7, 11) is 0. The Labute approximate surface area is 169 Å². The highest BCUT2D eigenvalue weighted by Crippen LogP contribution is 2.21. The number of aryl methyl sites for hydroxylation is 1. The molecule has 1 amide bonds. The summed E-state index contributed by atoms with van der Waals surface area (Å²) in [5.41, 5.74) is 2.92.